The van der Waals surface area contributed by atoms with Gasteiger partial charge in [-0.25, -0.2) is 4.39 Å². The van der Waals surface area contributed by atoms with E-state index in [-0.39, 0.29) is 11.6 Å². The number of piperazine rings is 1. The lowest BCUT2D eigenvalue weighted by Crippen LogP contribution is -2.48. The van der Waals surface area contributed by atoms with Crippen molar-refractivity contribution in [3.63, 3.8) is 0 Å². The van der Waals surface area contributed by atoms with E-state index in [1.807, 2.05) is 12.1 Å². The van der Waals surface area contributed by atoms with Crippen LogP contribution in [0.2, 0.25) is 0 Å². The van der Waals surface area contributed by atoms with Gasteiger partial charge in [-0.3, -0.25) is 9.69 Å². The van der Waals surface area contributed by atoms with E-state index in [1.54, 1.807) is 12.1 Å². The molecule has 1 aliphatic heterocycles. The zero-order valence-corrected chi connectivity index (χ0v) is 15.2. The molecule has 0 atom stereocenters. The van der Waals surface area contributed by atoms with Crippen molar-refractivity contribution in [3.05, 3.63) is 53.8 Å². The molecule has 0 bridgehead atoms. The van der Waals surface area contributed by atoms with Gasteiger partial charge in [-0.1, -0.05) is 0 Å². The molecule has 2 aromatic rings. The van der Waals surface area contributed by atoms with Crippen molar-refractivity contribution in [2.75, 3.05) is 42.1 Å². The number of hydrogen-bond donors (Lipinski definition) is 2. The van der Waals surface area contributed by atoms with Gasteiger partial charge in [0.05, 0.1) is 11.4 Å². The molecular formula is C20H25FN4O. The van der Waals surface area contributed by atoms with Crippen LogP contribution in [0, 0.1) is 5.82 Å². The first kappa shape index (κ1) is 18.2. The molecule has 1 aliphatic rings. The topological polar surface area (TPSA) is 61.6 Å². The van der Waals surface area contributed by atoms with Crippen molar-refractivity contribution in [1.82, 2.24) is 4.90 Å². The highest BCUT2D eigenvalue weighted by atomic mass is 19.1. The molecule has 1 fully saturated rings. The molecule has 0 aromatic heterocycles. The van der Waals surface area contributed by atoms with Crippen LogP contribution >= 0.6 is 0 Å². The van der Waals surface area contributed by atoms with Crippen molar-refractivity contribution < 1.29 is 9.18 Å². The third-order valence-electron chi connectivity index (χ3n) is 4.80. The summed E-state index contributed by atoms with van der Waals surface area (Å²) in [6, 6.07) is 12.0. The van der Waals surface area contributed by atoms with Crippen molar-refractivity contribution in [2.24, 2.45) is 0 Å². The predicted octanol–water partition coefficient (Wildman–Crippen LogP) is 3.19. The normalized spacial score (nSPS) is 15.3. The Morgan fingerprint density at radius 2 is 1.73 bits per heavy atom. The lowest BCUT2D eigenvalue weighted by atomic mass is 10.1. The second-order valence-electron chi connectivity index (χ2n) is 6.85. The summed E-state index contributed by atoms with van der Waals surface area (Å²) >= 11 is 0. The largest absolute Gasteiger partial charge is 0.397 e. The van der Waals surface area contributed by atoms with Crippen LogP contribution in [0.5, 0.6) is 0 Å². The summed E-state index contributed by atoms with van der Waals surface area (Å²) in [6.07, 6.45) is 0. The summed E-state index contributed by atoms with van der Waals surface area (Å²) in [6.45, 7) is 8.47. The summed E-state index contributed by atoms with van der Waals surface area (Å²) in [5.74, 6) is -0.746. The highest BCUT2D eigenvalue weighted by Gasteiger charge is 2.19. The molecule has 1 amide bonds. The maximum absolute atomic E-state index is 13.3. The van der Waals surface area contributed by atoms with Crippen LogP contribution in [0.4, 0.5) is 21.5 Å². The van der Waals surface area contributed by atoms with Gasteiger partial charge in [0.1, 0.15) is 5.82 Å². The zero-order chi connectivity index (χ0) is 18.7. The average Bonchev–Trinajstić information content (AvgIpc) is 2.65. The highest BCUT2D eigenvalue weighted by Crippen LogP contribution is 2.22. The minimum absolute atomic E-state index is 0.281. The molecule has 3 rings (SSSR count). The molecule has 0 spiro atoms. The van der Waals surface area contributed by atoms with Crippen molar-refractivity contribution in [2.45, 2.75) is 19.9 Å². The van der Waals surface area contributed by atoms with Gasteiger partial charge in [-0.05, 0) is 56.3 Å². The number of nitrogens with two attached hydrogens (primary N) is 1. The summed E-state index contributed by atoms with van der Waals surface area (Å²) in [4.78, 5) is 17.2. The van der Waals surface area contributed by atoms with E-state index in [9.17, 15) is 9.18 Å². The molecular weight excluding hydrogens is 331 g/mol. The fourth-order valence-corrected chi connectivity index (χ4v) is 3.15. The van der Waals surface area contributed by atoms with Gasteiger partial charge in [0.25, 0.3) is 5.91 Å². The van der Waals surface area contributed by atoms with Crippen molar-refractivity contribution >= 4 is 23.0 Å². The molecule has 0 aliphatic carbocycles. The van der Waals surface area contributed by atoms with E-state index in [4.69, 9.17) is 5.73 Å². The van der Waals surface area contributed by atoms with Gasteiger partial charge in [-0.15, -0.1) is 0 Å². The van der Waals surface area contributed by atoms with Crippen LogP contribution in [0.1, 0.15) is 24.2 Å². The number of nitrogens with zero attached hydrogens (tertiary/aromatic N) is 2. The van der Waals surface area contributed by atoms with Crippen LogP contribution in [-0.2, 0) is 0 Å². The number of amides is 1. The van der Waals surface area contributed by atoms with E-state index < -0.39 is 5.82 Å². The number of nitrogens with one attached hydrogen (secondary N) is 1. The Morgan fingerprint density at radius 1 is 1.08 bits per heavy atom. The SMILES string of the molecule is CC(C)N1CCN(c2ccc(C(=O)Nc3cc(F)ccc3N)cc2)CC1. The van der Waals surface area contributed by atoms with Gasteiger partial charge in [0.2, 0.25) is 0 Å². The number of carbonyl (C=O) groups is 1. The number of carbonyl (C=O) groups excluding carboxylic acids is 1. The molecule has 0 radical (unpaired) electrons. The number of rotatable bonds is 4. The smallest absolute Gasteiger partial charge is 0.255 e. The third kappa shape index (κ3) is 4.14. The number of hydrogen-bond acceptors (Lipinski definition) is 4. The van der Waals surface area contributed by atoms with Crippen LogP contribution < -0.4 is 16.0 Å². The first-order valence-electron chi connectivity index (χ1n) is 8.89. The lowest BCUT2D eigenvalue weighted by Gasteiger charge is -2.38. The van der Waals surface area contributed by atoms with Crippen molar-refractivity contribution in [1.29, 1.82) is 0 Å². The van der Waals surface area contributed by atoms with E-state index in [2.05, 4.69) is 29.0 Å². The molecule has 138 valence electrons. The molecule has 26 heavy (non-hydrogen) atoms. The van der Waals surface area contributed by atoms with Gasteiger partial charge in [0, 0.05) is 43.5 Å². The molecule has 0 unspecified atom stereocenters. The van der Waals surface area contributed by atoms with Crippen LogP contribution in [0.15, 0.2) is 42.5 Å². The Bertz CT molecular complexity index is 768. The molecule has 5 nitrogen and oxygen atoms in total. The Kier molecular flexibility index (Phi) is 5.42. The van der Waals surface area contributed by atoms with Crippen LogP contribution in [0.3, 0.4) is 0 Å². The van der Waals surface area contributed by atoms with Gasteiger partial charge >= 0.3 is 0 Å². The third-order valence-corrected chi connectivity index (χ3v) is 4.80. The second-order valence-corrected chi connectivity index (χ2v) is 6.85. The molecule has 6 heteroatoms. The van der Waals surface area contributed by atoms with E-state index in [0.29, 0.717) is 17.3 Å². The van der Waals surface area contributed by atoms with Gasteiger partial charge < -0.3 is 16.0 Å². The standard InChI is InChI=1S/C20H25FN4O/c1-14(2)24-9-11-25(12-10-24)17-6-3-15(4-7-17)20(26)23-19-13-16(21)5-8-18(19)22/h3-8,13-14H,9-12,22H2,1-2H3,(H,23,26). The van der Waals surface area contributed by atoms with Gasteiger partial charge in [0.15, 0.2) is 0 Å². The summed E-state index contributed by atoms with van der Waals surface area (Å²) in [5.41, 5.74) is 8.01. The maximum atomic E-state index is 13.3. The van der Waals surface area contributed by atoms with Crippen LogP contribution in [-0.4, -0.2) is 43.0 Å². The molecule has 3 N–H and O–H groups in total. The minimum Gasteiger partial charge on any atom is -0.397 e. The van der Waals surface area contributed by atoms with E-state index >= 15 is 0 Å². The Balaban J connectivity index is 1.64. The van der Waals surface area contributed by atoms with Crippen LogP contribution in [0.25, 0.3) is 0 Å². The van der Waals surface area contributed by atoms with E-state index in [0.717, 1.165) is 31.9 Å². The lowest BCUT2D eigenvalue weighted by molar-refractivity contribution is 0.102. The quantitative estimate of drug-likeness (QED) is 0.826. The minimum atomic E-state index is -0.439. The number of halogens is 1. The zero-order valence-electron chi connectivity index (χ0n) is 15.2. The Morgan fingerprint density at radius 3 is 2.35 bits per heavy atom. The summed E-state index contributed by atoms with van der Waals surface area (Å²) in [5, 5.41) is 2.66. The molecule has 0 saturated carbocycles. The Hall–Kier alpha value is -2.60. The Labute approximate surface area is 153 Å². The summed E-state index contributed by atoms with van der Waals surface area (Å²) in [7, 11) is 0. The number of nitrogen functional groups attached to an aromatic ring is 1. The van der Waals surface area contributed by atoms with Gasteiger partial charge in [-0.2, -0.15) is 0 Å². The summed E-state index contributed by atoms with van der Waals surface area (Å²) < 4.78 is 13.3. The average molecular weight is 356 g/mol. The first-order valence-corrected chi connectivity index (χ1v) is 8.89. The molecule has 1 saturated heterocycles. The van der Waals surface area contributed by atoms with E-state index in [1.165, 1.54) is 18.2 Å². The molecule has 1 heterocycles. The fourth-order valence-electron chi connectivity index (χ4n) is 3.15. The number of benzene rings is 2. The fraction of sp³-hybridized carbons (Fsp3) is 0.350. The molecule has 2 aromatic carbocycles. The number of anilines is 3. The second kappa shape index (κ2) is 7.74. The highest BCUT2D eigenvalue weighted by molar-refractivity contribution is 6.05. The predicted molar refractivity (Wildman–Crippen MR) is 104 cm³/mol. The maximum Gasteiger partial charge on any atom is 0.255 e. The monoisotopic (exact) mass is 356 g/mol. The first-order chi connectivity index (χ1) is 12.4. The van der Waals surface area contributed by atoms with Crippen molar-refractivity contribution in [3.8, 4) is 0 Å².